The van der Waals surface area contributed by atoms with Crippen LogP contribution in [0.2, 0.25) is 0 Å². The molecule has 1 aliphatic heterocycles. The number of hydrogen-bond donors (Lipinski definition) is 1. The van der Waals surface area contributed by atoms with Gasteiger partial charge in [0.25, 0.3) is 0 Å². The predicted octanol–water partition coefficient (Wildman–Crippen LogP) is 2.11. The molecule has 0 saturated heterocycles. The molecule has 3 nitrogen and oxygen atoms in total. The van der Waals surface area contributed by atoms with Crippen molar-refractivity contribution in [3.63, 3.8) is 0 Å². The molecule has 1 aliphatic carbocycles. The highest BCUT2D eigenvalue weighted by atomic mass is 32.2. The summed E-state index contributed by atoms with van der Waals surface area (Å²) in [5, 5.41) is 10.1. The normalized spacial score (nSPS) is 34.2. The van der Waals surface area contributed by atoms with Gasteiger partial charge in [-0.3, -0.25) is 0 Å². The second-order valence-corrected chi connectivity index (χ2v) is 7.44. The van der Waals surface area contributed by atoms with Gasteiger partial charge in [0.1, 0.15) is 0 Å². The van der Waals surface area contributed by atoms with Crippen LogP contribution >= 0.6 is 0 Å². The minimum atomic E-state index is -3.14. The van der Waals surface area contributed by atoms with Gasteiger partial charge in [-0.1, -0.05) is 31.0 Å². The van der Waals surface area contributed by atoms with Crippen molar-refractivity contribution in [2.45, 2.75) is 42.6 Å². The zero-order chi connectivity index (χ0) is 12.8. The molecule has 1 fully saturated rings. The summed E-state index contributed by atoms with van der Waals surface area (Å²) in [4.78, 5) is 0.479. The summed E-state index contributed by atoms with van der Waals surface area (Å²) in [6.07, 6.45) is 3.56. The molecule has 0 radical (unpaired) electrons. The van der Waals surface area contributed by atoms with E-state index < -0.39 is 9.84 Å². The molecule has 1 aromatic carbocycles. The highest BCUT2D eigenvalue weighted by Crippen LogP contribution is 2.44. The van der Waals surface area contributed by atoms with Crippen LogP contribution in [0.25, 0.3) is 0 Å². The zero-order valence-corrected chi connectivity index (χ0v) is 11.1. The van der Waals surface area contributed by atoms with E-state index in [1.54, 1.807) is 12.1 Å². The first-order valence-corrected chi connectivity index (χ1v) is 8.24. The lowest BCUT2D eigenvalue weighted by Gasteiger charge is -2.32. The summed E-state index contributed by atoms with van der Waals surface area (Å²) in [7, 11) is -3.14. The Labute approximate surface area is 108 Å². The Hall–Kier alpha value is -0.870. The Balaban J connectivity index is 2.00. The SMILES string of the molecule is O=S1(=O)CC(C2CCCCC2O)c2ccccc21. The van der Waals surface area contributed by atoms with E-state index in [0.717, 1.165) is 31.2 Å². The van der Waals surface area contributed by atoms with Crippen molar-refractivity contribution < 1.29 is 13.5 Å². The van der Waals surface area contributed by atoms with Crippen LogP contribution < -0.4 is 0 Å². The Kier molecular flexibility index (Phi) is 2.94. The minimum absolute atomic E-state index is 0.0125. The van der Waals surface area contributed by atoms with E-state index in [1.165, 1.54) is 0 Å². The smallest absolute Gasteiger partial charge is 0.179 e. The van der Waals surface area contributed by atoms with Crippen LogP contribution in [-0.4, -0.2) is 25.4 Å². The molecule has 1 aromatic rings. The van der Waals surface area contributed by atoms with Gasteiger partial charge < -0.3 is 5.11 Å². The van der Waals surface area contributed by atoms with Gasteiger partial charge in [0.15, 0.2) is 9.84 Å². The Morgan fingerprint density at radius 1 is 1.11 bits per heavy atom. The van der Waals surface area contributed by atoms with Crippen molar-refractivity contribution in [3.05, 3.63) is 29.8 Å². The minimum Gasteiger partial charge on any atom is -0.393 e. The van der Waals surface area contributed by atoms with Crippen molar-refractivity contribution in [3.8, 4) is 0 Å². The van der Waals surface area contributed by atoms with Crippen molar-refractivity contribution in [1.29, 1.82) is 0 Å². The lowest BCUT2D eigenvalue weighted by molar-refractivity contribution is 0.0587. The Bertz CT molecular complexity index is 550. The highest BCUT2D eigenvalue weighted by molar-refractivity contribution is 7.91. The van der Waals surface area contributed by atoms with Gasteiger partial charge in [0, 0.05) is 5.92 Å². The first-order valence-electron chi connectivity index (χ1n) is 6.59. The van der Waals surface area contributed by atoms with Crippen LogP contribution in [0.4, 0.5) is 0 Å². The third-order valence-corrected chi connectivity index (χ3v) is 6.19. The average molecular weight is 266 g/mol. The van der Waals surface area contributed by atoms with E-state index in [9.17, 15) is 13.5 Å². The first-order chi connectivity index (χ1) is 8.59. The lowest BCUT2D eigenvalue weighted by Crippen LogP contribution is -2.30. The van der Waals surface area contributed by atoms with Crippen LogP contribution in [0.15, 0.2) is 29.2 Å². The van der Waals surface area contributed by atoms with Gasteiger partial charge in [-0.25, -0.2) is 8.42 Å². The fraction of sp³-hybridized carbons (Fsp3) is 0.571. The van der Waals surface area contributed by atoms with Crippen LogP contribution in [0, 0.1) is 5.92 Å². The third kappa shape index (κ3) is 1.88. The summed E-state index contributed by atoms with van der Waals surface area (Å²) in [6.45, 7) is 0. The van der Waals surface area contributed by atoms with E-state index >= 15 is 0 Å². The predicted molar refractivity (Wildman–Crippen MR) is 69.2 cm³/mol. The molecule has 3 rings (SSSR count). The summed E-state index contributed by atoms with van der Waals surface area (Å²) in [6, 6.07) is 7.27. The molecule has 0 amide bonds. The standard InChI is InChI=1S/C14H18O3S/c15-13-7-3-1-5-10(13)12-9-18(16,17)14-8-4-2-6-11(12)14/h2,4,6,8,10,12-13,15H,1,3,5,7,9H2. The van der Waals surface area contributed by atoms with Crippen molar-refractivity contribution in [2.75, 3.05) is 5.75 Å². The van der Waals surface area contributed by atoms with Crippen LogP contribution in [0.1, 0.15) is 37.2 Å². The van der Waals surface area contributed by atoms with Crippen molar-refractivity contribution in [2.24, 2.45) is 5.92 Å². The molecule has 18 heavy (non-hydrogen) atoms. The van der Waals surface area contributed by atoms with Gasteiger partial charge in [0.2, 0.25) is 0 Å². The second-order valence-electron chi connectivity index (χ2n) is 5.44. The molecule has 1 N–H and O–H groups in total. The quantitative estimate of drug-likeness (QED) is 0.847. The number of sulfone groups is 1. The molecule has 3 atom stereocenters. The van der Waals surface area contributed by atoms with Crippen molar-refractivity contribution >= 4 is 9.84 Å². The summed E-state index contributed by atoms with van der Waals surface area (Å²) < 4.78 is 24.3. The summed E-state index contributed by atoms with van der Waals surface area (Å²) in [5.41, 5.74) is 0.920. The first kappa shape index (κ1) is 12.2. The highest BCUT2D eigenvalue weighted by Gasteiger charge is 2.41. The summed E-state index contributed by atoms with van der Waals surface area (Å²) in [5.74, 6) is 0.271. The number of rotatable bonds is 1. The molecule has 0 spiro atoms. The van der Waals surface area contributed by atoms with Crippen LogP contribution in [0.5, 0.6) is 0 Å². The van der Waals surface area contributed by atoms with Gasteiger partial charge in [-0.15, -0.1) is 0 Å². The molecular weight excluding hydrogens is 248 g/mol. The van der Waals surface area contributed by atoms with Gasteiger partial charge in [-0.05, 0) is 30.4 Å². The molecule has 3 unspecified atom stereocenters. The topological polar surface area (TPSA) is 54.4 Å². The molecule has 1 heterocycles. The fourth-order valence-electron chi connectivity index (χ4n) is 3.45. The molecule has 2 aliphatic rings. The zero-order valence-electron chi connectivity index (χ0n) is 10.2. The molecule has 0 aromatic heterocycles. The maximum Gasteiger partial charge on any atom is 0.179 e. The van der Waals surface area contributed by atoms with Gasteiger partial charge in [0.05, 0.1) is 16.8 Å². The van der Waals surface area contributed by atoms with Crippen LogP contribution in [0.3, 0.4) is 0 Å². The Morgan fingerprint density at radius 2 is 1.83 bits per heavy atom. The van der Waals surface area contributed by atoms with Gasteiger partial charge >= 0.3 is 0 Å². The molecule has 0 bridgehead atoms. The number of aliphatic hydroxyl groups is 1. The molecule has 98 valence electrons. The molecular formula is C14H18O3S. The van der Waals surface area contributed by atoms with Crippen LogP contribution in [-0.2, 0) is 9.84 Å². The van der Waals surface area contributed by atoms with E-state index in [0.29, 0.717) is 4.90 Å². The molecule has 4 heteroatoms. The van der Waals surface area contributed by atoms with E-state index in [-0.39, 0.29) is 23.7 Å². The monoisotopic (exact) mass is 266 g/mol. The number of benzene rings is 1. The fourth-order valence-corrected chi connectivity index (χ4v) is 5.39. The number of aliphatic hydroxyl groups excluding tert-OH is 1. The molecule has 1 saturated carbocycles. The second kappa shape index (κ2) is 4.35. The number of fused-ring (bicyclic) bond motifs is 1. The average Bonchev–Trinajstić information content (AvgIpc) is 2.63. The van der Waals surface area contributed by atoms with E-state index in [2.05, 4.69) is 0 Å². The maximum atomic E-state index is 12.1. The number of hydrogen-bond acceptors (Lipinski definition) is 3. The van der Waals surface area contributed by atoms with E-state index in [1.807, 2.05) is 12.1 Å². The van der Waals surface area contributed by atoms with Crippen molar-refractivity contribution in [1.82, 2.24) is 0 Å². The van der Waals surface area contributed by atoms with E-state index in [4.69, 9.17) is 0 Å². The largest absolute Gasteiger partial charge is 0.393 e. The van der Waals surface area contributed by atoms with Gasteiger partial charge in [-0.2, -0.15) is 0 Å². The maximum absolute atomic E-state index is 12.1. The Morgan fingerprint density at radius 3 is 2.61 bits per heavy atom. The third-order valence-electron chi connectivity index (χ3n) is 4.35. The lowest BCUT2D eigenvalue weighted by atomic mass is 9.76. The summed E-state index contributed by atoms with van der Waals surface area (Å²) >= 11 is 0.